The molecule has 2 aliphatic heterocycles. The summed E-state index contributed by atoms with van der Waals surface area (Å²) in [5.41, 5.74) is 6.66. The van der Waals surface area contributed by atoms with Crippen LogP contribution >= 0.6 is 0 Å². The van der Waals surface area contributed by atoms with Crippen molar-refractivity contribution in [1.29, 1.82) is 0 Å². The predicted molar refractivity (Wildman–Crippen MR) is 115 cm³/mol. The number of imide groups is 1. The smallest absolute Gasteiger partial charge is 0.255 e. The van der Waals surface area contributed by atoms with Gasteiger partial charge in [0.2, 0.25) is 23.6 Å². The fourth-order valence-electron chi connectivity index (χ4n) is 3.61. The summed E-state index contributed by atoms with van der Waals surface area (Å²) in [6.45, 7) is 0.953. The lowest BCUT2D eigenvalue weighted by Crippen LogP contribution is -2.52. The zero-order chi connectivity index (χ0) is 23.8. The lowest BCUT2D eigenvalue weighted by Gasteiger charge is -2.29. The Morgan fingerprint density at radius 1 is 1.12 bits per heavy atom. The first-order chi connectivity index (χ1) is 15.9. The summed E-state index contributed by atoms with van der Waals surface area (Å²) in [6, 6.07) is 4.25. The third-order valence-electron chi connectivity index (χ3n) is 5.22. The number of nitrogens with two attached hydrogens (primary N) is 1. The molecular weight excluding hydrogens is 434 g/mol. The normalized spacial score (nSPS) is 17.5. The number of carbonyl (C=O) groups excluding carboxylic acids is 5. The fraction of sp³-hybridized carbons (Fsp3) is 0.476. The number of hydrogen-bond acceptors (Lipinski definition) is 8. The number of piperidine rings is 1. The summed E-state index contributed by atoms with van der Waals surface area (Å²) in [5, 5.41) is 7.56. The highest BCUT2D eigenvalue weighted by Crippen LogP contribution is 2.32. The molecule has 2 heterocycles. The predicted octanol–water partition coefficient (Wildman–Crippen LogP) is -1.51. The zero-order valence-electron chi connectivity index (χ0n) is 18.1. The summed E-state index contributed by atoms with van der Waals surface area (Å²) in [5.74, 6) is -1.81. The third-order valence-corrected chi connectivity index (χ3v) is 5.22. The number of anilines is 1. The third kappa shape index (κ3) is 6.34. The summed E-state index contributed by atoms with van der Waals surface area (Å²) in [7, 11) is 0. The number of benzene rings is 1. The van der Waals surface area contributed by atoms with Crippen molar-refractivity contribution in [2.24, 2.45) is 5.73 Å². The Labute approximate surface area is 190 Å². The van der Waals surface area contributed by atoms with E-state index in [4.69, 9.17) is 15.2 Å². The SMILES string of the molecule is NCC(=O)NCCOCCOCC(=O)Nc1cccc2c1CN(C1CCC(=O)NC1=O)C2=O. The van der Waals surface area contributed by atoms with Gasteiger partial charge in [-0.05, 0) is 18.6 Å². The maximum atomic E-state index is 12.8. The monoisotopic (exact) mass is 461 g/mol. The van der Waals surface area contributed by atoms with Crippen LogP contribution in [0.4, 0.5) is 5.69 Å². The van der Waals surface area contributed by atoms with E-state index in [0.717, 1.165) is 0 Å². The van der Waals surface area contributed by atoms with Crippen molar-refractivity contribution in [3.05, 3.63) is 29.3 Å². The summed E-state index contributed by atoms with van der Waals surface area (Å²) >= 11 is 0. The van der Waals surface area contributed by atoms with Crippen LogP contribution in [0.3, 0.4) is 0 Å². The molecule has 178 valence electrons. The molecule has 0 aromatic heterocycles. The van der Waals surface area contributed by atoms with E-state index >= 15 is 0 Å². The van der Waals surface area contributed by atoms with Crippen molar-refractivity contribution in [2.45, 2.75) is 25.4 Å². The molecule has 12 nitrogen and oxygen atoms in total. The second kappa shape index (κ2) is 11.5. The largest absolute Gasteiger partial charge is 0.377 e. The lowest BCUT2D eigenvalue weighted by atomic mass is 10.0. The number of fused-ring (bicyclic) bond motifs is 1. The van der Waals surface area contributed by atoms with Crippen LogP contribution in [0.25, 0.3) is 0 Å². The molecule has 5 amide bonds. The Balaban J connectivity index is 1.45. The van der Waals surface area contributed by atoms with Gasteiger partial charge in [-0.25, -0.2) is 0 Å². The molecule has 0 aliphatic carbocycles. The van der Waals surface area contributed by atoms with Gasteiger partial charge in [-0.15, -0.1) is 0 Å². The van der Waals surface area contributed by atoms with Gasteiger partial charge in [0.05, 0.1) is 26.4 Å². The number of rotatable bonds is 11. The van der Waals surface area contributed by atoms with E-state index < -0.39 is 17.9 Å². The number of ether oxygens (including phenoxy) is 2. The van der Waals surface area contributed by atoms with Gasteiger partial charge in [0.15, 0.2) is 0 Å². The van der Waals surface area contributed by atoms with Crippen LogP contribution in [0.5, 0.6) is 0 Å². The van der Waals surface area contributed by atoms with Crippen molar-refractivity contribution < 1.29 is 33.4 Å². The molecule has 2 aliphatic rings. The number of hydrogen-bond donors (Lipinski definition) is 4. The molecule has 0 radical (unpaired) electrons. The van der Waals surface area contributed by atoms with Crippen LogP contribution < -0.4 is 21.7 Å². The van der Waals surface area contributed by atoms with Crippen LogP contribution in [0.1, 0.15) is 28.8 Å². The number of nitrogens with one attached hydrogen (secondary N) is 3. The highest BCUT2D eigenvalue weighted by atomic mass is 16.5. The maximum Gasteiger partial charge on any atom is 0.255 e. The van der Waals surface area contributed by atoms with Crippen molar-refractivity contribution in [3.8, 4) is 0 Å². The van der Waals surface area contributed by atoms with Gasteiger partial charge in [0.25, 0.3) is 5.91 Å². The molecule has 1 aromatic carbocycles. The molecule has 33 heavy (non-hydrogen) atoms. The summed E-state index contributed by atoms with van der Waals surface area (Å²) in [4.78, 5) is 61.1. The van der Waals surface area contributed by atoms with Crippen molar-refractivity contribution in [1.82, 2.24) is 15.5 Å². The molecule has 1 unspecified atom stereocenters. The van der Waals surface area contributed by atoms with Crippen LogP contribution in [0.15, 0.2) is 18.2 Å². The second-order valence-corrected chi connectivity index (χ2v) is 7.50. The Kier molecular flexibility index (Phi) is 8.46. The Morgan fingerprint density at radius 2 is 1.91 bits per heavy atom. The van der Waals surface area contributed by atoms with E-state index in [0.29, 0.717) is 30.0 Å². The van der Waals surface area contributed by atoms with E-state index in [1.54, 1.807) is 18.2 Å². The Bertz CT molecular complexity index is 936. The molecule has 0 bridgehead atoms. The van der Waals surface area contributed by atoms with Gasteiger partial charge < -0.3 is 30.7 Å². The first kappa shape index (κ1) is 24.3. The van der Waals surface area contributed by atoms with Crippen molar-refractivity contribution >= 4 is 35.2 Å². The quantitative estimate of drug-likeness (QED) is 0.228. The van der Waals surface area contributed by atoms with E-state index in [-0.39, 0.29) is 63.5 Å². The van der Waals surface area contributed by atoms with Gasteiger partial charge in [-0.1, -0.05) is 6.07 Å². The van der Waals surface area contributed by atoms with E-state index in [2.05, 4.69) is 16.0 Å². The van der Waals surface area contributed by atoms with Crippen LogP contribution in [0.2, 0.25) is 0 Å². The fourth-order valence-corrected chi connectivity index (χ4v) is 3.61. The summed E-state index contributed by atoms with van der Waals surface area (Å²) < 4.78 is 10.6. The average molecular weight is 461 g/mol. The van der Waals surface area contributed by atoms with Gasteiger partial charge >= 0.3 is 0 Å². The molecule has 0 spiro atoms. The van der Waals surface area contributed by atoms with Crippen LogP contribution in [0, 0.1) is 0 Å². The second-order valence-electron chi connectivity index (χ2n) is 7.50. The van der Waals surface area contributed by atoms with E-state index in [1.165, 1.54) is 4.90 Å². The topological polar surface area (TPSA) is 169 Å². The molecule has 5 N–H and O–H groups in total. The zero-order valence-corrected chi connectivity index (χ0v) is 18.1. The lowest BCUT2D eigenvalue weighted by molar-refractivity contribution is -0.137. The first-order valence-electron chi connectivity index (χ1n) is 10.6. The average Bonchev–Trinajstić information content (AvgIpc) is 3.12. The van der Waals surface area contributed by atoms with Gasteiger partial charge in [0.1, 0.15) is 12.6 Å². The maximum absolute atomic E-state index is 12.8. The van der Waals surface area contributed by atoms with Crippen LogP contribution in [-0.2, 0) is 35.2 Å². The molecular formula is C21H27N5O7. The summed E-state index contributed by atoms with van der Waals surface area (Å²) in [6.07, 6.45) is 0.435. The highest BCUT2D eigenvalue weighted by molar-refractivity contribution is 6.06. The van der Waals surface area contributed by atoms with Gasteiger partial charge in [0, 0.05) is 36.3 Å². The van der Waals surface area contributed by atoms with Gasteiger partial charge in [-0.2, -0.15) is 0 Å². The molecule has 12 heteroatoms. The Hall–Kier alpha value is -3.35. The van der Waals surface area contributed by atoms with Gasteiger partial charge in [-0.3, -0.25) is 29.3 Å². The van der Waals surface area contributed by atoms with E-state index in [1.807, 2.05) is 0 Å². The Morgan fingerprint density at radius 3 is 2.67 bits per heavy atom. The molecule has 1 saturated heterocycles. The minimum absolute atomic E-state index is 0.0774. The van der Waals surface area contributed by atoms with E-state index in [9.17, 15) is 24.0 Å². The minimum Gasteiger partial charge on any atom is -0.377 e. The van der Waals surface area contributed by atoms with Crippen molar-refractivity contribution in [3.63, 3.8) is 0 Å². The number of nitrogens with zero attached hydrogens (tertiary/aromatic N) is 1. The highest BCUT2D eigenvalue weighted by Gasteiger charge is 2.39. The molecule has 1 aromatic rings. The number of carbonyl (C=O) groups is 5. The van der Waals surface area contributed by atoms with Crippen molar-refractivity contribution in [2.75, 3.05) is 44.8 Å². The standard InChI is InChI=1S/C21H27N5O7/c22-10-18(28)23-6-7-32-8-9-33-12-19(29)24-15-3-1-2-13-14(15)11-26(21(13)31)16-4-5-17(27)25-20(16)30/h1-3,16H,4-12,22H2,(H,23,28)(H,24,29)(H,25,27,30). The molecule has 3 rings (SSSR count). The molecule has 1 fully saturated rings. The first-order valence-corrected chi connectivity index (χ1v) is 10.6. The minimum atomic E-state index is -0.724. The molecule has 0 saturated carbocycles. The van der Waals surface area contributed by atoms with Crippen LogP contribution in [-0.4, -0.2) is 80.0 Å². The number of amides is 5. The molecule has 1 atom stereocenters.